The number of carbonyl (C=O) groups excluding carboxylic acids is 1. The Morgan fingerprint density at radius 1 is 1.17 bits per heavy atom. The highest BCUT2D eigenvalue weighted by molar-refractivity contribution is 6.31. The van der Waals surface area contributed by atoms with Crippen molar-refractivity contribution in [3.63, 3.8) is 0 Å². The van der Waals surface area contributed by atoms with Gasteiger partial charge in [0.1, 0.15) is 5.82 Å². The fourth-order valence-corrected chi connectivity index (χ4v) is 4.18. The summed E-state index contributed by atoms with van der Waals surface area (Å²) < 4.78 is 0. The minimum absolute atomic E-state index is 0.212. The number of halogens is 1. The lowest BCUT2D eigenvalue weighted by atomic mass is 10.1. The van der Waals surface area contributed by atoms with Crippen molar-refractivity contribution in [2.24, 2.45) is 5.92 Å². The molecule has 1 heterocycles. The van der Waals surface area contributed by atoms with Crippen molar-refractivity contribution in [3.05, 3.63) is 70.4 Å². The van der Waals surface area contributed by atoms with Gasteiger partial charge in [-0.3, -0.25) is 4.79 Å². The quantitative estimate of drug-likeness (QED) is 0.353. The number of amides is 1. The van der Waals surface area contributed by atoms with Gasteiger partial charge in [0.15, 0.2) is 0 Å². The molecule has 188 valence electrons. The fourth-order valence-electron chi connectivity index (χ4n) is 4.00. The summed E-state index contributed by atoms with van der Waals surface area (Å²) in [6.45, 7) is 7.47. The molecule has 1 aromatic heterocycles. The Morgan fingerprint density at radius 2 is 1.92 bits per heavy atom. The molecule has 7 heteroatoms. The van der Waals surface area contributed by atoms with Gasteiger partial charge in [0, 0.05) is 52.8 Å². The zero-order valence-electron chi connectivity index (χ0n) is 20.9. The molecule has 0 saturated heterocycles. The van der Waals surface area contributed by atoms with Crippen molar-refractivity contribution in [2.75, 3.05) is 38.0 Å². The summed E-state index contributed by atoms with van der Waals surface area (Å²) in [7, 11) is 0. The van der Waals surface area contributed by atoms with Gasteiger partial charge in [-0.15, -0.1) is 0 Å². The SMILES string of the molecule is CCN(CC)CC(O)CNC(=O)c1ccc(C#Cc2c(NCC3CC3)ncc3ccc(Cl)cc23)cc1. The maximum Gasteiger partial charge on any atom is 0.251 e. The second kappa shape index (κ2) is 12.2. The Kier molecular flexibility index (Phi) is 8.82. The number of hydrogen-bond donors (Lipinski definition) is 3. The maximum atomic E-state index is 12.5. The summed E-state index contributed by atoms with van der Waals surface area (Å²) in [6.07, 6.45) is 3.74. The summed E-state index contributed by atoms with van der Waals surface area (Å²) in [5.74, 6) is 7.77. The minimum atomic E-state index is -0.607. The second-order valence-corrected chi connectivity index (χ2v) is 9.65. The maximum absolute atomic E-state index is 12.5. The van der Waals surface area contributed by atoms with Gasteiger partial charge in [-0.25, -0.2) is 4.98 Å². The number of likely N-dealkylation sites (N-methyl/N-ethyl adjacent to an activating group) is 1. The second-order valence-electron chi connectivity index (χ2n) is 9.21. The third kappa shape index (κ3) is 6.98. The fraction of sp³-hybridized carbons (Fsp3) is 0.379. The Balaban J connectivity index is 1.47. The number of pyridine rings is 1. The topological polar surface area (TPSA) is 77.5 Å². The van der Waals surface area contributed by atoms with Crippen LogP contribution in [0.2, 0.25) is 5.02 Å². The smallest absolute Gasteiger partial charge is 0.251 e. The van der Waals surface area contributed by atoms with E-state index in [1.54, 1.807) is 12.1 Å². The first-order valence-corrected chi connectivity index (χ1v) is 13.0. The first-order valence-electron chi connectivity index (χ1n) is 12.6. The van der Waals surface area contributed by atoms with Gasteiger partial charge in [0.05, 0.1) is 11.7 Å². The summed E-state index contributed by atoms with van der Waals surface area (Å²) in [6, 6.07) is 12.9. The molecule has 3 aromatic rings. The van der Waals surface area contributed by atoms with Gasteiger partial charge in [-0.2, -0.15) is 0 Å². The zero-order valence-corrected chi connectivity index (χ0v) is 21.6. The number of hydrogen-bond acceptors (Lipinski definition) is 5. The van der Waals surface area contributed by atoms with E-state index in [-0.39, 0.29) is 12.5 Å². The Hall–Kier alpha value is -3.11. The van der Waals surface area contributed by atoms with Crippen LogP contribution in [-0.2, 0) is 0 Å². The van der Waals surface area contributed by atoms with Gasteiger partial charge in [0.25, 0.3) is 5.91 Å². The number of carbonyl (C=O) groups is 1. The lowest BCUT2D eigenvalue weighted by Gasteiger charge is -2.22. The van der Waals surface area contributed by atoms with Crippen molar-refractivity contribution in [1.29, 1.82) is 0 Å². The standard InChI is InChI=1S/C29H33ClN4O2/c1-3-34(4-2)19-25(35)18-33-29(36)22-10-7-20(8-11-22)9-14-26-27-15-24(30)13-12-23(27)17-32-28(26)31-16-21-5-6-21/h7-8,10-13,15,17,21,25,35H,3-6,16,18-19H2,1-2H3,(H,31,32)(H,33,36). The normalized spacial score (nSPS) is 13.8. The molecule has 0 spiro atoms. The first-order chi connectivity index (χ1) is 17.5. The highest BCUT2D eigenvalue weighted by Gasteiger charge is 2.21. The zero-order chi connectivity index (χ0) is 25.5. The van der Waals surface area contributed by atoms with Crippen LogP contribution in [0.5, 0.6) is 0 Å². The number of nitrogens with zero attached hydrogens (tertiary/aromatic N) is 2. The number of rotatable bonds is 10. The number of aliphatic hydroxyl groups excluding tert-OH is 1. The van der Waals surface area contributed by atoms with Gasteiger partial charge in [-0.1, -0.05) is 43.4 Å². The van der Waals surface area contributed by atoms with Gasteiger partial charge < -0.3 is 20.6 Å². The molecule has 1 amide bonds. The predicted octanol–water partition coefficient (Wildman–Crippen LogP) is 4.54. The van der Waals surface area contributed by atoms with Crippen molar-refractivity contribution in [1.82, 2.24) is 15.2 Å². The molecule has 0 aliphatic heterocycles. The van der Waals surface area contributed by atoms with Crippen molar-refractivity contribution in [3.8, 4) is 11.8 Å². The van der Waals surface area contributed by atoms with E-state index in [1.807, 2.05) is 36.5 Å². The third-order valence-electron chi connectivity index (χ3n) is 6.45. The molecular formula is C29H33ClN4O2. The number of anilines is 1. The molecule has 1 aliphatic rings. The van der Waals surface area contributed by atoms with Gasteiger partial charge in [0.2, 0.25) is 0 Å². The number of aliphatic hydroxyl groups is 1. The highest BCUT2D eigenvalue weighted by atomic mass is 35.5. The Labute approximate surface area is 218 Å². The molecule has 0 bridgehead atoms. The molecule has 36 heavy (non-hydrogen) atoms. The van der Waals surface area contributed by atoms with E-state index >= 15 is 0 Å². The van der Waals surface area contributed by atoms with E-state index in [2.05, 4.69) is 46.2 Å². The van der Waals surface area contributed by atoms with Crippen LogP contribution in [-0.4, -0.2) is 59.7 Å². The van der Waals surface area contributed by atoms with E-state index in [4.69, 9.17) is 11.6 Å². The third-order valence-corrected chi connectivity index (χ3v) is 6.68. The molecule has 6 nitrogen and oxygen atoms in total. The summed E-state index contributed by atoms with van der Waals surface area (Å²) in [5.41, 5.74) is 2.14. The summed E-state index contributed by atoms with van der Waals surface area (Å²) in [4.78, 5) is 19.3. The molecule has 4 rings (SSSR count). The van der Waals surface area contributed by atoms with Crippen LogP contribution in [0.1, 0.15) is 48.2 Å². The van der Waals surface area contributed by atoms with Crippen LogP contribution in [0, 0.1) is 17.8 Å². The number of fused-ring (bicyclic) bond motifs is 1. The van der Waals surface area contributed by atoms with Crippen LogP contribution in [0.15, 0.2) is 48.7 Å². The molecule has 1 saturated carbocycles. The van der Waals surface area contributed by atoms with Crippen LogP contribution < -0.4 is 10.6 Å². The predicted molar refractivity (Wildman–Crippen MR) is 147 cm³/mol. The Bertz CT molecular complexity index is 1260. The number of nitrogens with one attached hydrogen (secondary N) is 2. The van der Waals surface area contributed by atoms with Gasteiger partial charge >= 0.3 is 0 Å². The van der Waals surface area contributed by atoms with Crippen LogP contribution >= 0.6 is 11.6 Å². The average molecular weight is 505 g/mol. The molecule has 2 aromatic carbocycles. The van der Waals surface area contributed by atoms with Crippen molar-refractivity contribution >= 4 is 34.1 Å². The van der Waals surface area contributed by atoms with E-state index in [9.17, 15) is 9.90 Å². The lowest BCUT2D eigenvalue weighted by Crippen LogP contribution is -2.40. The molecule has 1 unspecified atom stereocenters. The lowest BCUT2D eigenvalue weighted by molar-refractivity contribution is 0.0869. The first kappa shape index (κ1) is 26.0. The molecule has 3 N–H and O–H groups in total. The average Bonchev–Trinajstić information content (AvgIpc) is 3.73. The molecule has 1 atom stereocenters. The highest BCUT2D eigenvalue weighted by Crippen LogP contribution is 2.31. The van der Waals surface area contributed by atoms with Crippen LogP contribution in [0.25, 0.3) is 10.8 Å². The summed E-state index contributed by atoms with van der Waals surface area (Å²) in [5, 5.41) is 19.1. The largest absolute Gasteiger partial charge is 0.390 e. The van der Waals surface area contributed by atoms with Crippen LogP contribution in [0.4, 0.5) is 5.82 Å². The van der Waals surface area contributed by atoms with E-state index < -0.39 is 6.10 Å². The van der Waals surface area contributed by atoms with Gasteiger partial charge in [-0.05, 0) is 68.2 Å². The molecular weight excluding hydrogens is 472 g/mol. The number of benzene rings is 2. The summed E-state index contributed by atoms with van der Waals surface area (Å²) >= 11 is 6.28. The molecule has 1 aliphatic carbocycles. The van der Waals surface area contributed by atoms with Crippen LogP contribution in [0.3, 0.4) is 0 Å². The van der Waals surface area contributed by atoms with E-state index in [0.29, 0.717) is 23.0 Å². The molecule has 1 fully saturated rings. The van der Waals surface area contributed by atoms with Crippen molar-refractivity contribution in [2.45, 2.75) is 32.8 Å². The monoisotopic (exact) mass is 504 g/mol. The van der Waals surface area contributed by atoms with E-state index in [1.165, 1.54) is 12.8 Å². The van der Waals surface area contributed by atoms with Crippen molar-refractivity contribution < 1.29 is 9.90 Å². The minimum Gasteiger partial charge on any atom is -0.390 e. The Morgan fingerprint density at radius 3 is 2.61 bits per heavy atom. The number of aromatic nitrogens is 1. The van der Waals surface area contributed by atoms with E-state index in [0.717, 1.165) is 47.4 Å². The molecule has 0 radical (unpaired) electrons.